The summed E-state index contributed by atoms with van der Waals surface area (Å²) < 4.78 is 0. The molecule has 0 fully saturated rings. The highest BCUT2D eigenvalue weighted by molar-refractivity contribution is 7.99. The van der Waals surface area contributed by atoms with Crippen LogP contribution in [0.5, 0.6) is 0 Å². The number of pyridine rings is 1. The van der Waals surface area contributed by atoms with Crippen LogP contribution in [0.1, 0.15) is 43.0 Å². The van der Waals surface area contributed by atoms with Crippen LogP contribution < -0.4 is 10.6 Å². The second kappa shape index (κ2) is 14.7. The summed E-state index contributed by atoms with van der Waals surface area (Å²) in [5, 5.41) is 6.43. The summed E-state index contributed by atoms with van der Waals surface area (Å²) in [6.07, 6.45) is 2.79. The van der Waals surface area contributed by atoms with Crippen molar-refractivity contribution in [3.8, 4) is 0 Å². The van der Waals surface area contributed by atoms with E-state index in [1.165, 1.54) is 17.8 Å². The van der Waals surface area contributed by atoms with E-state index in [9.17, 15) is 19.2 Å². The lowest BCUT2D eigenvalue weighted by molar-refractivity contribution is 0.0963. The van der Waals surface area contributed by atoms with Gasteiger partial charge in [0.15, 0.2) is 0 Å². The van der Waals surface area contributed by atoms with Gasteiger partial charge in [-0.3, -0.25) is 14.9 Å². The van der Waals surface area contributed by atoms with Gasteiger partial charge in [0, 0.05) is 21.0 Å². The molecule has 1 aromatic heterocycles. The maximum Gasteiger partial charge on any atom is 0.326 e. The number of benzene rings is 3. The first-order chi connectivity index (χ1) is 19.6. The molecule has 41 heavy (non-hydrogen) atoms. The van der Waals surface area contributed by atoms with Crippen LogP contribution >= 0.6 is 23.4 Å². The van der Waals surface area contributed by atoms with E-state index < -0.39 is 17.8 Å². The van der Waals surface area contributed by atoms with Gasteiger partial charge in [-0.15, -0.1) is 4.99 Å². The van der Waals surface area contributed by atoms with Crippen molar-refractivity contribution >= 4 is 53.0 Å². The minimum atomic E-state index is -0.604. The molecule has 4 amide bonds. The predicted molar refractivity (Wildman–Crippen MR) is 161 cm³/mol. The smallest absolute Gasteiger partial charge is 0.306 e. The molecule has 4 aromatic rings. The van der Waals surface area contributed by atoms with E-state index in [1.807, 2.05) is 62.4 Å². The summed E-state index contributed by atoms with van der Waals surface area (Å²) in [6.45, 7) is 7.28. The molecule has 10 heteroatoms. The standard InChI is InChI=1S/C21H18ClN3O2S.C10H9NO2/c1-13-4-3-5-14(2)19(13)20(26)25-21(27)24-16-8-11-18(23-12-16)28-17-9-6-15(22)7-10-17;1-7-4-3-5-8(2)9(7)10(13)11-6-12/h3-12H,1-2H3,(H2,24,25,26,27);3-5H,1-2H3. The molecule has 8 nitrogen and oxygen atoms in total. The Morgan fingerprint density at radius 3 is 1.88 bits per heavy atom. The lowest BCUT2D eigenvalue weighted by Crippen LogP contribution is -2.35. The normalized spacial score (nSPS) is 9.98. The number of carbonyl (C=O) groups is 3. The van der Waals surface area contributed by atoms with Gasteiger partial charge in [0.25, 0.3) is 11.8 Å². The molecule has 0 unspecified atom stereocenters. The molecule has 1 heterocycles. The van der Waals surface area contributed by atoms with Crippen LogP contribution in [-0.2, 0) is 4.79 Å². The molecule has 0 aliphatic carbocycles. The minimum Gasteiger partial charge on any atom is -0.306 e. The second-order valence-electron chi connectivity index (χ2n) is 8.89. The van der Waals surface area contributed by atoms with Crippen LogP contribution in [0.25, 0.3) is 0 Å². The van der Waals surface area contributed by atoms with Crippen LogP contribution in [0.4, 0.5) is 10.5 Å². The molecule has 0 spiro atoms. The molecule has 0 saturated heterocycles. The first-order valence-corrected chi connectivity index (χ1v) is 13.5. The van der Waals surface area contributed by atoms with Gasteiger partial charge in [0.1, 0.15) is 5.03 Å². The van der Waals surface area contributed by atoms with Crippen molar-refractivity contribution in [2.45, 2.75) is 37.6 Å². The van der Waals surface area contributed by atoms with Gasteiger partial charge in [-0.1, -0.05) is 59.8 Å². The third-order valence-electron chi connectivity index (χ3n) is 5.81. The zero-order valence-corrected chi connectivity index (χ0v) is 24.4. The van der Waals surface area contributed by atoms with Crippen LogP contribution in [0.3, 0.4) is 0 Å². The van der Waals surface area contributed by atoms with Crippen molar-refractivity contribution in [1.82, 2.24) is 10.3 Å². The number of rotatable bonds is 5. The number of amides is 4. The maximum atomic E-state index is 12.4. The summed E-state index contributed by atoms with van der Waals surface area (Å²) in [4.78, 5) is 54.1. The van der Waals surface area contributed by atoms with E-state index in [0.717, 1.165) is 32.2 Å². The van der Waals surface area contributed by atoms with E-state index in [4.69, 9.17) is 11.6 Å². The monoisotopic (exact) mass is 586 g/mol. The SMILES string of the molecule is Cc1cccc(C)c1C(=O)N=C=O.Cc1cccc(C)c1C(=O)NC(=O)Nc1ccc(Sc2ccc(Cl)cc2)nc1. The highest BCUT2D eigenvalue weighted by Gasteiger charge is 2.15. The summed E-state index contributed by atoms with van der Waals surface area (Å²) in [5.74, 6) is -0.957. The first kappa shape index (κ1) is 31.0. The van der Waals surface area contributed by atoms with E-state index in [-0.39, 0.29) is 0 Å². The number of hydrogen-bond acceptors (Lipinski definition) is 6. The number of carbonyl (C=O) groups excluding carboxylic acids is 4. The van der Waals surface area contributed by atoms with E-state index in [0.29, 0.717) is 21.8 Å². The summed E-state index contributed by atoms with van der Waals surface area (Å²) in [7, 11) is 0. The maximum absolute atomic E-state index is 12.4. The van der Waals surface area contributed by atoms with Crippen molar-refractivity contribution in [2.24, 2.45) is 4.99 Å². The van der Waals surface area contributed by atoms with Gasteiger partial charge in [-0.05, 0) is 86.3 Å². The summed E-state index contributed by atoms with van der Waals surface area (Å²) in [6, 6.07) is 21.4. The molecule has 3 aromatic carbocycles. The average Bonchev–Trinajstić information content (AvgIpc) is 2.91. The van der Waals surface area contributed by atoms with Crippen LogP contribution in [0.15, 0.2) is 93.9 Å². The largest absolute Gasteiger partial charge is 0.326 e. The van der Waals surface area contributed by atoms with Crippen molar-refractivity contribution in [3.05, 3.63) is 117 Å². The number of aryl methyl sites for hydroxylation is 4. The van der Waals surface area contributed by atoms with Crippen molar-refractivity contribution in [1.29, 1.82) is 0 Å². The van der Waals surface area contributed by atoms with Crippen molar-refractivity contribution in [3.63, 3.8) is 0 Å². The van der Waals surface area contributed by atoms with Crippen LogP contribution in [0, 0.1) is 27.7 Å². The quantitative estimate of drug-likeness (QED) is 0.188. The van der Waals surface area contributed by atoms with Crippen LogP contribution in [-0.4, -0.2) is 28.9 Å². The first-order valence-electron chi connectivity index (χ1n) is 12.4. The molecule has 208 valence electrons. The highest BCUT2D eigenvalue weighted by atomic mass is 35.5. The molecule has 0 atom stereocenters. The molecule has 4 rings (SSSR count). The van der Waals surface area contributed by atoms with E-state index in [1.54, 1.807) is 44.3 Å². The number of halogens is 1. The fourth-order valence-corrected chi connectivity index (χ4v) is 4.77. The molecule has 2 N–H and O–H groups in total. The Labute approximate surface area is 247 Å². The van der Waals surface area contributed by atoms with Gasteiger partial charge in [0.2, 0.25) is 6.08 Å². The molecule has 0 radical (unpaired) electrons. The zero-order chi connectivity index (χ0) is 29.9. The van der Waals surface area contributed by atoms with Gasteiger partial charge in [-0.2, -0.15) is 0 Å². The third-order valence-corrected chi connectivity index (χ3v) is 7.02. The minimum absolute atomic E-state index is 0.434. The number of nitrogens with zero attached hydrogens (tertiary/aromatic N) is 2. The Hall–Kier alpha value is -4.56. The molecule has 0 saturated carbocycles. The zero-order valence-electron chi connectivity index (χ0n) is 22.8. The summed E-state index contributed by atoms with van der Waals surface area (Å²) >= 11 is 7.36. The number of hydrogen-bond donors (Lipinski definition) is 2. The number of imide groups is 1. The Morgan fingerprint density at radius 2 is 1.37 bits per heavy atom. The Morgan fingerprint density at radius 1 is 0.805 bits per heavy atom. The third kappa shape index (κ3) is 8.98. The Kier molecular flexibility index (Phi) is 11.1. The van der Waals surface area contributed by atoms with E-state index >= 15 is 0 Å². The predicted octanol–water partition coefficient (Wildman–Crippen LogP) is 7.24. The number of urea groups is 1. The number of isocyanates is 1. The average molecular weight is 587 g/mol. The van der Waals surface area contributed by atoms with E-state index in [2.05, 4.69) is 20.6 Å². The lowest BCUT2D eigenvalue weighted by atomic mass is 10.0. The number of anilines is 1. The Bertz CT molecular complexity index is 1580. The van der Waals surface area contributed by atoms with Crippen molar-refractivity contribution in [2.75, 3.05) is 5.32 Å². The number of nitrogens with one attached hydrogen (secondary N) is 2. The summed E-state index contributed by atoms with van der Waals surface area (Å²) in [5.41, 5.74) is 4.77. The fraction of sp³-hybridized carbons (Fsp3) is 0.129. The number of aromatic nitrogens is 1. The number of aliphatic imine (C=N–C) groups is 1. The molecular weight excluding hydrogens is 560 g/mol. The van der Waals surface area contributed by atoms with Crippen molar-refractivity contribution < 1.29 is 19.2 Å². The lowest BCUT2D eigenvalue weighted by Gasteiger charge is -2.10. The topological polar surface area (TPSA) is 118 Å². The molecule has 0 aliphatic rings. The molecular formula is C31H27ClN4O4S. The highest BCUT2D eigenvalue weighted by Crippen LogP contribution is 2.27. The second-order valence-corrected chi connectivity index (χ2v) is 10.4. The molecule has 0 aliphatic heterocycles. The van der Waals surface area contributed by atoms with Gasteiger partial charge < -0.3 is 5.32 Å². The van der Waals surface area contributed by atoms with Gasteiger partial charge in [-0.25, -0.2) is 14.6 Å². The van der Waals surface area contributed by atoms with Gasteiger partial charge >= 0.3 is 6.03 Å². The molecule has 0 bridgehead atoms. The fourth-order valence-electron chi connectivity index (χ4n) is 3.89. The Balaban J connectivity index is 0.000000298. The van der Waals surface area contributed by atoms with Gasteiger partial charge in [0.05, 0.1) is 11.9 Å². The van der Waals surface area contributed by atoms with Crippen LogP contribution in [0.2, 0.25) is 5.02 Å².